The van der Waals surface area contributed by atoms with Gasteiger partial charge in [0.1, 0.15) is 11.5 Å². The zero-order valence-corrected chi connectivity index (χ0v) is 9.01. The van der Waals surface area contributed by atoms with Gasteiger partial charge in [-0.25, -0.2) is 9.37 Å². The Kier molecular flexibility index (Phi) is 2.37. The van der Waals surface area contributed by atoms with E-state index in [0.29, 0.717) is 16.3 Å². The molecule has 0 amide bonds. The third-order valence-corrected chi connectivity index (χ3v) is 2.35. The normalized spacial score (nSPS) is 10.5. The van der Waals surface area contributed by atoms with Crippen LogP contribution in [0.15, 0.2) is 33.4 Å². The molecular weight excluding hydrogens is 249 g/mol. The maximum atomic E-state index is 12.7. The summed E-state index contributed by atoms with van der Waals surface area (Å²) in [5.41, 5.74) is 1.53. The number of oxazole rings is 1. The number of aryl methyl sites for hydroxylation is 1. The van der Waals surface area contributed by atoms with Crippen molar-refractivity contribution >= 4 is 15.9 Å². The summed E-state index contributed by atoms with van der Waals surface area (Å²) in [4.78, 5) is 4.17. The van der Waals surface area contributed by atoms with Gasteiger partial charge in [-0.05, 0) is 40.2 Å². The molecule has 0 N–H and O–H groups in total. The van der Waals surface area contributed by atoms with Gasteiger partial charge in [0, 0.05) is 12.5 Å². The minimum absolute atomic E-state index is 0.259. The number of halogens is 2. The Bertz CT molecular complexity index is 450. The zero-order valence-electron chi connectivity index (χ0n) is 7.42. The van der Waals surface area contributed by atoms with Crippen LogP contribution in [-0.4, -0.2) is 4.98 Å². The number of hydrogen-bond acceptors (Lipinski definition) is 2. The van der Waals surface area contributed by atoms with E-state index >= 15 is 0 Å². The monoisotopic (exact) mass is 255 g/mol. The Morgan fingerprint density at radius 1 is 1.29 bits per heavy atom. The molecule has 0 unspecified atom stereocenters. The van der Waals surface area contributed by atoms with Crippen LogP contribution in [0.2, 0.25) is 0 Å². The van der Waals surface area contributed by atoms with Crippen molar-refractivity contribution < 1.29 is 8.81 Å². The standard InChI is InChI=1S/C10H7BrFNO/c1-6-13-9(10(11)14-6)7-2-4-8(12)5-3-7/h2-5H,1H3. The van der Waals surface area contributed by atoms with E-state index < -0.39 is 0 Å². The maximum absolute atomic E-state index is 12.7. The lowest BCUT2D eigenvalue weighted by Crippen LogP contribution is -1.80. The second kappa shape index (κ2) is 3.53. The molecule has 0 aliphatic heterocycles. The lowest BCUT2D eigenvalue weighted by atomic mass is 10.2. The van der Waals surface area contributed by atoms with Crippen molar-refractivity contribution in [1.29, 1.82) is 0 Å². The van der Waals surface area contributed by atoms with Gasteiger partial charge in [0.05, 0.1) is 0 Å². The average Bonchev–Trinajstić information content (AvgIpc) is 2.47. The summed E-state index contributed by atoms with van der Waals surface area (Å²) in [6.07, 6.45) is 0. The molecule has 0 saturated carbocycles. The van der Waals surface area contributed by atoms with E-state index in [1.807, 2.05) is 0 Å². The molecule has 0 atom stereocenters. The number of aromatic nitrogens is 1. The molecule has 0 spiro atoms. The molecule has 0 aliphatic rings. The van der Waals surface area contributed by atoms with Crippen LogP contribution in [0, 0.1) is 12.7 Å². The average molecular weight is 256 g/mol. The van der Waals surface area contributed by atoms with Crippen molar-refractivity contribution in [3.05, 3.63) is 40.6 Å². The molecule has 4 heteroatoms. The Labute approximate surface area is 88.9 Å². The molecule has 0 aliphatic carbocycles. The summed E-state index contributed by atoms with van der Waals surface area (Å²) in [7, 11) is 0. The number of rotatable bonds is 1. The first-order valence-corrected chi connectivity index (χ1v) is 4.85. The fourth-order valence-electron chi connectivity index (χ4n) is 1.19. The number of hydrogen-bond donors (Lipinski definition) is 0. The minimum atomic E-state index is -0.259. The van der Waals surface area contributed by atoms with Gasteiger partial charge in [0.25, 0.3) is 0 Å². The summed E-state index contributed by atoms with van der Waals surface area (Å²) >= 11 is 3.25. The smallest absolute Gasteiger partial charge is 0.197 e. The second-order valence-corrected chi connectivity index (χ2v) is 3.58. The number of nitrogens with zero attached hydrogens (tertiary/aromatic N) is 1. The molecule has 72 valence electrons. The third-order valence-electron chi connectivity index (χ3n) is 1.81. The molecule has 2 rings (SSSR count). The van der Waals surface area contributed by atoms with E-state index in [1.165, 1.54) is 12.1 Å². The van der Waals surface area contributed by atoms with E-state index in [-0.39, 0.29) is 5.82 Å². The topological polar surface area (TPSA) is 26.0 Å². The van der Waals surface area contributed by atoms with E-state index in [2.05, 4.69) is 20.9 Å². The first kappa shape index (κ1) is 9.40. The quantitative estimate of drug-likeness (QED) is 0.779. The maximum Gasteiger partial charge on any atom is 0.197 e. The van der Waals surface area contributed by atoms with E-state index in [4.69, 9.17) is 4.42 Å². The Morgan fingerprint density at radius 3 is 2.43 bits per heavy atom. The van der Waals surface area contributed by atoms with Gasteiger partial charge in [-0.2, -0.15) is 0 Å². The van der Waals surface area contributed by atoms with Gasteiger partial charge in [-0.15, -0.1) is 0 Å². The fourth-order valence-corrected chi connectivity index (χ4v) is 1.74. The van der Waals surface area contributed by atoms with Crippen molar-refractivity contribution in [2.45, 2.75) is 6.92 Å². The number of benzene rings is 1. The van der Waals surface area contributed by atoms with Crippen LogP contribution in [0.4, 0.5) is 4.39 Å². The molecule has 0 radical (unpaired) electrons. The highest BCUT2D eigenvalue weighted by Crippen LogP contribution is 2.28. The first-order chi connectivity index (χ1) is 6.66. The van der Waals surface area contributed by atoms with Gasteiger partial charge in [-0.1, -0.05) is 0 Å². The van der Waals surface area contributed by atoms with E-state index in [9.17, 15) is 4.39 Å². The first-order valence-electron chi connectivity index (χ1n) is 4.05. The lowest BCUT2D eigenvalue weighted by Gasteiger charge is -1.95. The van der Waals surface area contributed by atoms with Crippen molar-refractivity contribution in [2.75, 3.05) is 0 Å². The molecule has 1 aromatic heterocycles. The van der Waals surface area contributed by atoms with E-state index in [1.54, 1.807) is 19.1 Å². The molecule has 0 saturated heterocycles. The Morgan fingerprint density at radius 2 is 1.93 bits per heavy atom. The summed E-state index contributed by atoms with van der Waals surface area (Å²) < 4.78 is 18.4. The van der Waals surface area contributed by atoms with Crippen molar-refractivity contribution in [3.63, 3.8) is 0 Å². The SMILES string of the molecule is Cc1nc(-c2ccc(F)cc2)c(Br)o1. The van der Waals surface area contributed by atoms with Gasteiger partial charge in [0.2, 0.25) is 0 Å². The lowest BCUT2D eigenvalue weighted by molar-refractivity contribution is 0.500. The van der Waals surface area contributed by atoms with Gasteiger partial charge in [-0.3, -0.25) is 0 Å². The van der Waals surface area contributed by atoms with Crippen molar-refractivity contribution in [3.8, 4) is 11.3 Å². The molecular formula is C10H7BrFNO. The predicted octanol–water partition coefficient (Wildman–Crippen LogP) is 3.55. The summed E-state index contributed by atoms with van der Waals surface area (Å²) in [6.45, 7) is 1.76. The second-order valence-electron chi connectivity index (χ2n) is 2.86. The summed E-state index contributed by atoms with van der Waals surface area (Å²) in [5.74, 6) is 0.321. The summed E-state index contributed by atoms with van der Waals surface area (Å²) in [6, 6.07) is 6.12. The largest absolute Gasteiger partial charge is 0.434 e. The minimum Gasteiger partial charge on any atom is -0.434 e. The highest BCUT2D eigenvalue weighted by Gasteiger charge is 2.09. The Balaban J connectivity index is 2.49. The van der Waals surface area contributed by atoms with Crippen LogP contribution in [0.5, 0.6) is 0 Å². The molecule has 1 heterocycles. The predicted molar refractivity (Wildman–Crippen MR) is 54.3 cm³/mol. The van der Waals surface area contributed by atoms with Gasteiger partial charge < -0.3 is 4.42 Å². The fraction of sp³-hybridized carbons (Fsp3) is 0.100. The van der Waals surface area contributed by atoms with Crippen LogP contribution in [0.3, 0.4) is 0 Å². The van der Waals surface area contributed by atoms with Gasteiger partial charge >= 0.3 is 0 Å². The van der Waals surface area contributed by atoms with Crippen LogP contribution < -0.4 is 0 Å². The van der Waals surface area contributed by atoms with Gasteiger partial charge in [0.15, 0.2) is 10.6 Å². The Hall–Kier alpha value is -1.16. The molecule has 0 bridgehead atoms. The van der Waals surface area contributed by atoms with Crippen molar-refractivity contribution in [1.82, 2.24) is 4.98 Å². The summed E-state index contributed by atoms with van der Waals surface area (Å²) in [5, 5.41) is 0. The highest BCUT2D eigenvalue weighted by molar-refractivity contribution is 9.10. The van der Waals surface area contributed by atoms with Crippen LogP contribution in [0.1, 0.15) is 5.89 Å². The zero-order chi connectivity index (χ0) is 10.1. The highest BCUT2D eigenvalue weighted by atomic mass is 79.9. The molecule has 2 nitrogen and oxygen atoms in total. The molecule has 0 fully saturated rings. The van der Waals surface area contributed by atoms with Crippen LogP contribution in [0.25, 0.3) is 11.3 Å². The third kappa shape index (κ3) is 1.70. The van der Waals surface area contributed by atoms with Crippen molar-refractivity contribution in [2.24, 2.45) is 0 Å². The van der Waals surface area contributed by atoms with Crippen LogP contribution in [-0.2, 0) is 0 Å². The molecule has 14 heavy (non-hydrogen) atoms. The molecule has 1 aromatic carbocycles. The van der Waals surface area contributed by atoms with E-state index in [0.717, 1.165) is 5.56 Å². The molecule has 2 aromatic rings. The van der Waals surface area contributed by atoms with Crippen LogP contribution >= 0.6 is 15.9 Å².